The molecule has 0 aromatic heterocycles. The molecule has 0 N–H and O–H groups in total. The van der Waals surface area contributed by atoms with Crippen LogP contribution in [-0.2, 0) is 19.1 Å². The van der Waals surface area contributed by atoms with Crippen molar-refractivity contribution in [2.45, 2.75) is 129 Å². The van der Waals surface area contributed by atoms with Gasteiger partial charge in [-0.1, -0.05) is 104 Å². The van der Waals surface area contributed by atoms with Crippen LogP contribution in [0, 0.1) is 11.8 Å². The lowest BCUT2D eigenvalue weighted by Gasteiger charge is -2.28. The molecule has 0 spiro atoms. The Bertz CT molecular complexity index is 395. The quantitative estimate of drug-likeness (QED) is 0.170. The average Bonchev–Trinajstić information content (AvgIpc) is 2.77. The smallest absolute Gasteiger partial charge is 0.309 e. The maximum Gasteiger partial charge on any atom is 0.309 e. The van der Waals surface area contributed by atoms with E-state index in [9.17, 15) is 9.59 Å². The van der Waals surface area contributed by atoms with Crippen LogP contribution in [0.4, 0.5) is 0 Å². The lowest BCUT2D eigenvalue weighted by atomic mass is 9.79. The molecule has 0 aliphatic heterocycles. The molecule has 1 aliphatic carbocycles. The van der Waals surface area contributed by atoms with E-state index in [1.807, 2.05) is 0 Å². The molecule has 0 aromatic carbocycles. The molecular formula is C26H48O4. The van der Waals surface area contributed by atoms with Crippen molar-refractivity contribution < 1.29 is 19.1 Å². The van der Waals surface area contributed by atoms with Gasteiger partial charge in [0.2, 0.25) is 0 Å². The standard InChI is InChI=1S/C26H48O4/c1-3-5-7-9-11-13-17-21-29-25(27)23-19-15-16-20-24(23)26(28)30-22-18-14-12-10-8-6-4-2/h23-24H,3-22H2,1-2H3. The number of carbonyl (C=O) groups excluding carboxylic acids is 2. The summed E-state index contributed by atoms with van der Waals surface area (Å²) in [5, 5.41) is 0. The van der Waals surface area contributed by atoms with Crippen molar-refractivity contribution in [2.24, 2.45) is 11.8 Å². The molecule has 0 bridgehead atoms. The van der Waals surface area contributed by atoms with E-state index in [1.54, 1.807) is 0 Å². The minimum atomic E-state index is -0.301. The van der Waals surface area contributed by atoms with Crippen LogP contribution < -0.4 is 0 Å². The van der Waals surface area contributed by atoms with Crippen LogP contribution >= 0.6 is 0 Å². The fourth-order valence-electron chi connectivity index (χ4n) is 4.37. The van der Waals surface area contributed by atoms with Gasteiger partial charge < -0.3 is 9.47 Å². The molecule has 1 fully saturated rings. The van der Waals surface area contributed by atoms with Gasteiger partial charge in [0.1, 0.15) is 0 Å². The molecule has 0 heterocycles. The number of hydrogen-bond donors (Lipinski definition) is 0. The maximum atomic E-state index is 12.6. The molecule has 0 amide bonds. The van der Waals surface area contributed by atoms with Crippen LogP contribution in [-0.4, -0.2) is 25.2 Å². The van der Waals surface area contributed by atoms with Gasteiger partial charge in [-0.3, -0.25) is 9.59 Å². The molecule has 30 heavy (non-hydrogen) atoms. The molecular weight excluding hydrogens is 376 g/mol. The summed E-state index contributed by atoms with van der Waals surface area (Å²) in [5.74, 6) is -0.966. The molecule has 4 nitrogen and oxygen atoms in total. The zero-order valence-electron chi connectivity index (χ0n) is 19.9. The summed E-state index contributed by atoms with van der Waals surface area (Å²) in [6, 6.07) is 0. The van der Waals surface area contributed by atoms with Crippen LogP contribution in [0.3, 0.4) is 0 Å². The zero-order valence-corrected chi connectivity index (χ0v) is 19.9. The van der Waals surface area contributed by atoms with Crippen LogP contribution in [0.5, 0.6) is 0 Å². The predicted octanol–water partition coefficient (Wildman–Crippen LogP) is 7.38. The van der Waals surface area contributed by atoms with Crippen LogP contribution in [0.15, 0.2) is 0 Å². The highest BCUT2D eigenvalue weighted by atomic mass is 16.5. The van der Waals surface area contributed by atoms with E-state index in [1.165, 1.54) is 64.2 Å². The molecule has 2 unspecified atom stereocenters. The topological polar surface area (TPSA) is 52.6 Å². The summed E-state index contributed by atoms with van der Waals surface area (Å²) in [6.45, 7) is 5.43. The Morgan fingerprint density at radius 1 is 0.567 bits per heavy atom. The Kier molecular flexibility index (Phi) is 16.8. The third-order valence-corrected chi connectivity index (χ3v) is 6.36. The fraction of sp³-hybridized carbons (Fsp3) is 0.923. The van der Waals surface area contributed by atoms with Crippen molar-refractivity contribution in [2.75, 3.05) is 13.2 Å². The van der Waals surface area contributed by atoms with Gasteiger partial charge in [-0.25, -0.2) is 0 Å². The molecule has 0 radical (unpaired) electrons. The second-order valence-corrected chi connectivity index (χ2v) is 9.08. The van der Waals surface area contributed by atoms with E-state index in [2.05, 4.69) is 13.8 Å². The van der Waals surface area contributed by atoms with Gasteiger partial charge in [0.15, 0.2) is 0 Å². The van der Waals surface area contributed by atoms with Gasteiger partial charge in [0.25, 0.3) is 0 Å². The number of carbonyl (C=O) groups is 2. The van der Waals surface area contributed by atoms with Gasteiger partial charge in [-0.05, 0) is 25.7 Å². The van der Waals surface area contributed by atoms with Gasteiger partial charge in [0, 0.05) is 0 Å². The number of ether oxygens (including phenoxy) is 2. The highest BCUT2D eigenvalue weighted by Crippen LogP contribution is 2.32. The number of hydrogen-bond acceptors (Lipinski definition) is 4. The summed E-state index contributed by atoms with van der Waals surface area (Å²) in [5.41, 5.74) is 0. The van der Waals surface area contributed by atoms with E-state index in [-0.39, 0.29) is 23.8 Å². The summed E-state index contributed by atoms with van der Waals surface area (Å²) in [7, 11) is 0. The molecule has 0 saturated heterocycles. The lowest BCUT2D eigenvalue weighted by Crippen LogP contribution is -2.35. The van der Waals surface area contributed by atoms with Crippen LogP contribution in [0.2, 0.25) is 0 Å². The van der Waals surface area contributed by atoms with Crippen molar-refractivity contribution in [3.63, 3.8) is 0 Å². The summed E-state index contributed by atoms with van der Waals surface area (Å²) >= 11 is 0. The van der Waals surface area contributed by atoms with Gasteiger partial charge >= 0.3 is 11.9 Å². The highest BCUT2D eigenvalue weighted by molar-refractivity contribution is 5.82. The molecule has 176 valence electrons. The zero-order chi connectivity index (χ0) is 21.9. The van der Waals surface area contributed by atoms with E-state index >= 15 is 0 Å². The monoisotopic (exact) mass is 424 g/mol. The molecule has 0 aromatic rings. The molecule has 1 saturated carbocycles. The SMILES string of the molecule is CCCCCCCCCOC(=O)C1CCCCC1C(=O)OCCCCCCCCC. The summed E-state index contributed by atoms with van der Waals surface area (Å²) in [6.07, 6.45) is 20.4. The first-order valence-corrected chi connectivity index (χ1v) is 13.0. The van der Waals surface area contributed by atoms with E-state index in [0.717, 1.165) is 51.4 Å². The Balaban J connectivity index is 2.19. The average molecular weight is 425 g/mol. The normalized spacial score (nSPS) is 18.9. The van der Waals surface area contributed by atoms with Gasteiger partial charge in [-0.15, -0.1) is 0 Å². The van der Waals surface area contributed by atoms with Crippen molar-refractivity contribution in [1.29, 1.82) is 0 Å². The third-order valence-electron chi connectivity index (χ3n) is 6.36. The van der Waals surface area contributed by atoms with Crippen molar-refractivity contribution in [3.8, 4) is 0 Å². The minimum absolute atomic E-state index is 0.182. The Hall–Kier alpha value is -1.06. The Morgan fingerprint density at radius 2 is 0.900 bits per heavy atom. The van der Waals surface area contributed by atoms with Gasteiger partial charge in [0.05, 0.1) is 25.0 Å². The molecule has 4 heteroatoms. The second kappa shape index (κ2) is 18.7. The number of unbranched alkanes of at least 4 members (excludes halogenated alkanes) is 12. The maximum absolute atomic E-state index is 12.6. The van der Waals surface area contributed by atoms with E-state index in [0.29, 0.717) is 13.2 Å². The second-order valence-electron chi connectivity index (χ2n) is 9.08. The molecule has 1 rings (SSSR count). The fourth-order valence-corrected chi connectivity index (χ4v) is 4.37. The van der Waals surface area contributed by atoms with Crippen molar-refractivity contribution >= 4 is 11.9 Å². The van der Waals surface area contributed by atoms with Crippen LogP contribution in [0.1, 0.15) is 129 Å². The van der Waals surface area contributed by atoms with E-state index in [4.69, 9.17) is 9.47 Å². The third kappa shape index (κ3) is 12.6. The Morgan fingerprint density at radius 3 is 1.27 bits per heavy atom. The summed E-state index contributed by atoms with van der Waals surface area (Å²) < 4.78 is 11.1. The van der Waals surface area contributed by atoms with Crippen molar-refractivity contribution in [3.05, 3.63) is 0 Å². The Labute approximate surface area is 185 Å². The van der Waals surface area contributed by atoms with Gasteiger partial charge in [-0.2, -0.15) is 0 Å². The predicted molar refractivity (Wildman–Crippen MR) is 123 cm³/mol. The first-order valence-electron chi connectivity index (χ1n) is 13.0. The molecule has 2 atom stereocenters. The number of esters is 2. The van der Waals surface area contributed by atoms with E-state index < -0.39 is 0 Å². The van der Waals surface area contributed by atoms with Crippen molar-refractivity contribution in [1.82, 2.24) is 0 Å². The van der Waals surface area contributed by atoms with Crippen LogP contribution in [0.25, 0.3) is 0 Å². The summed E-state index contributed by atoms with van der Waals surface area (Å²) in [4.78, 5) is 25.1. The first-order chi connectivity index (χ1) is 14.7. The minimum Gasteiger partial charge on any atom is -0.465 e. The first kappa shape index (κ1) is 27.0. The number of rotatable bonds is 18. The largest absolute Gasteiger partial charge is 0.465 e. The molecule has 1 aliphatic rings. The highest BCUT2D eigenvalue weighted by Gasteiger charge is 2.37. The lowest BCUT2D eigenvalue weighted by molar-refractivity contribution is -0.163.